The van der Waals surface area contributed by atoms with Crippen LogP contribution in [0.25, 0.3) is 55.7 Å². The van der Waals surface area contributed by atoms with Crippen LogP contribution < -0.4 is 27.1 Å². The van der Waals surface area contributed by atoms with Gasteiger partial charge in [-0.05, 0) is 47.0 Å². The van der Waals surface area contributed by atoms with Gasteiger partial charge in [0.1, 0.15) is 16.8 Å². The zero-order valence-electron chi connectivity index (χ0n) is 24.5. The quantitative estimate of drug-likeness (QED) is 0.148. The number of rotatable bonds is 7. The van der Waals surface area contributed by atoms with Crippen molar-refractivity contribution in [3.63, 3.8) is 0 Å². The Morgan fingerprint density at radius 3 is 2.59 bits per heavy atom. The minimum Gasteiger partial charge on any atom is -0.451 e. The van der Waals surface area contributed by atoms with E-state index < -0.39 is 17.2 Å². The van der Waals surface area contributed by atoms with Crippen molar-refractivity contribution in [3.8, 4) is 0 Å². The zero-order valence-corrected chi connectivity index (χ0v) is 24.5. The number of amides is 1. The lowest BCUT2D eigenvalue weighted by Gasteiger charge is -2.19. The second kappa shape index (κ2) is 10.7. The number of halogens is 1. The molecule has 224 valence electrons. The number of pyridine rings is 1. The normalized spacial score (nSPS) is 15.4. The van der Waals surface area contributed by atoms with Gasteiger partial charge in [0.25, 0.3) is 5.91 Å². The predicted molar refractivity (Wildman–Crippen MR) is 174 cm³/mol. The summed E-state index contributed by atoms with van der Waals surface area (Å²) >= 11 is 0. The number of unbranched alkanes of at least 4 members (excludes halogenated alkanes) is 3. The standard InChI is InChI=1S/C35H33FN4O4/c1-3-4-5-8-12-38-30-27(36)14-25-31-34(30)44-29-16-23-19(2)21-9-6-7-10-22(21)32(41)24(23)15-28(29)40(31)18-26(33(25)42)35(43)39-13-11-20(37)17-39/h6-7,9-10,14-16,18,20,38H,2-5,8,11-13,17,37H2,1H3. The van der Waals surface area contributed by atoms with Gasteiger partial charge >= 0.3 is 0 Å². The number of fused-ring (bicyclic) bond motifs is 4. The van der Waals surface area contributed by atoms with E-state index in [1.54, 1.807) is 27.5 Å². The molecule has 0 spiro atoms. The first kappa shape index (κ1) is 28.0. The van der Waals surface area contributed by atoms with E-state index >= 15 is 4.39 Å². The molecule has 1 unspecified atom stereocenters. The van der Waals surface area contributed by atoms with E-state index in [-0.39, 0.29) is 33.7 Å². The maximum absolute atomic E-state index is 15.8. The van der Waals surface area contributed by atoms with Crippen molar-refractivity contribution in [3.05, 3.63) is 85.7 Å². The molecule has 2 aromatic heterocycles. The van der Waals surface area contributed by atoms with Gasteiger partial charge in [-0.15, -0.1) is 0 Å². The summed E-state index contributed by atoms with van der Waals surface area (Å²) in [5.74, 6) is -1.10. The Kier molecular flexibility index (Phi) is 6.85. The number of hydrogen-bond donors (Lipinski definition) is 2. The number of anilines is 1. The van der Waals surface area contributed by atoms with E-state index in [2.05, 4.69) is 18.8 Å². The molecule has 8 nitrogen and oxygen atoms in total. The van der Waals surface area contributed by atoms with Crippen molar-refractivity contribution in [2.45, 2.75) is 45.1 Å². The van der Waals surface area contributed by atoms with Crippen LogP contribution in [-0.2, 0) is 0 Å². The molecular formula is C35H33FN4O4. The van der Waals surface area contributed by atoms with Gasteiger partial charge in [0.05, 0.1) is 10.9 Å². The number of likely N-dealkylation sites (tertiary alicyclic amines) is 1. The highest BCUT2D eigenvalue weighted by Gasteiger charge is 2.29. The van der Waals surface area contributed by atoms with E-state index in [4.69, 9.17) is 10.2 Å². The van der Waals surface area contributed by atoms with Crippen LogP contribution in [0.1, 0.15) is 49.4 Å². The lowest BCUT2D eigenvalue weighted by molar-refractivity contribution is 0.0789. The number of hydrogen-bond acceptors (Lipinski definition) is 6. The maximum atomic E-state index is 15.8. The van der Waals surface area contributed by atoms with Crippen LogP contribution in [0, 0.1) is 5.82 Å². The Morgan fingerprint density at radius 1 is 1.05 bits per heavy atom. The van der Waals surface area contributed by atoms with Gasteiger partial charge in [0.2, 0.25) is 5.43 Å². The Morgan fingerprint density at radius 2 is 1.84 bits per heavy atom. The van der Waals surface area contributed by atoms with Crippen molar-refractivity contribution >= 4 is 67.3 Å². The highest BCUT2D eigenvalue weighted by atomic mass is 19.1. The first-order valence-corrected chi connectivity index (χ1v) is 15.2. The SMILES string of the molecule is C=c1c2ccccc2c(=O)c2cc3c(cc12)oc1c(NCCCCCC)c(F)cc2c(=O)c(C(=O)N4CCC(N)C4)cn3c12. The summed E-state index contributed by atoms with van der Waals surface area (Å²) in [6.07, 6.45) is 6.12. The van der Waals surface area contributed by atoms with E-state index in [1.165, 1.54) is 12.3 Å². The fourth-order valence-corrected chi connectivity index (χ4v) is 6.56. The number of nitrogens with two attached hydrogens (primary N) is 1. The van der Waals surface area contributed by atoms with Crippen LogP contribution >= 0.6 is 0 Å². The third kappa shape index (κ3) is 4.33. The maximum Gasteiger partial charge on any atom is 0.259 e. The topological polar surface area (TPSA) is 110 Å². The van der Waals surface area contributed by atoms with Gasteiger partial charge < -0.3 is 24.8 Å². The molecule has 1 saturated heterocycles. The average Bonchev–Trinajstić information content (AvgIpc) is 3.47. The van der Waals surface area contributed by atoms with Gasteiger partial charge in [-0.2, -0.15) is 0 Å². The largest absolute Gasteiger partial charge is 0.451 e. The Labute approximate surface area is 251 Å². The molecule has 0 radical (unpaired) electrons. The Hall–Kier alpha value is -4.76. The second-order valence-electron chi connectivity index (χ2n) is 11.8. The van der Waals surface area contributed by atoms with Crippen LogP contribution in [0.3, 0.4) is 0 Å². The van der Waals surface area contributed by atoms with Crippen molar-refractivity contribution in [1.29, 1.82) is 0 Å². The van der Waals surface area contributed by atoms with E-state index in [9.17, 15) is 14.4 Å². The molecule has 4 aromatic carbocycles. The first-order chi connectivity index (χ1) is 21.3. The minimum atomic E-state index is -0.644. The first-order valence-electron chi connectivity index (χ1n) is 15.2. The van der Waals surface area contributed by atoms with E-state index in [1.807, 2.05) is 18.2 Å². The molecule has 6 aromatic rings. The van der Waals surface area contributed by atoms with Crippen molar-refractivity contribution in [1.82, 2.24) is 9.30 Å². The van der Waals surface area contributed by atoms with Gasteiger partial charge in [-0.3, -0.25) is 14.4 Å². The molecule has 0 bridgehead atoms. The molecule has 1 atom stereocenters. The third-order valence-corrected chi connectivity index (χ3v) is 8.91. The molecular weight excluding hydrogens is 559 g/mol. The molecule has 0 aliphatic carbocycles. The van der Waals surface area contributed by atoms with Crippen LogP contribution in [0.4, 0.5) is 10.1 Å². The second-order valence-corrected chi connectivity index (χ2v) is 11.8. The summed E-state index contributed by atoms with van der Waals surface area (Å²) in [6, 6.07) is 11.8. The molecule has 0 saturated carbocycles. The minimum absolute atomic E-state index is 0.0211. The van der Waals surface area contributed by atoms with Gasteiger partial charge in [0, 0.05) is 42.6 Å². The van der Waals surface area contributed by atoms with Crippen LogP contribution in [0.2, 0.25) is 0 Å². The van der Waals surface area contributed by atoms with Crippen LogP contribution in [0.15, 0.2) is 62.7 Å². The van der Waals surface area contributed by atoms with E-state index in [0.29, 0.717) is 64.0 Å². The molecule has 1 aliphatic heterocycles. The average molecular weight is 593 g/mol. The van der Waals surface area contributed by atoms with Gasteiger partial charge in [0.15, 0.2) is 22.4 Å². The highest BCUT2D eigenvalue weighted by molar-refractivity contribution is 6.08. The monoisotopic (exact) mass is 592 g/mol. The zero-order chi connectivity index (χ0) is 30.7. The molecule has 44 heavy (non-hydrogen) atoms. The van der Waals surface area contributed by atoms with Gasteiger partial charge in [-0.25, -0.2) is 4.39 Å². The van der Waals surface area contributed by atoms with Crippen molar-refractivity contribution in [2.75, 3.05) is 25.0 Å². The summed E-state index contributed by atoms with van der Waals surface area (Å²) < 4.78 is 23.9. The fraction of sp³-hybridized carbons (Fsp3) is 0.286. The molecule has 3 N–H and O–H groups in total. The molecule has 7 rings (SSSR count). The number of carbonyl (C=O) groups excluding carboxylic acids is 1. The third-order valence-electron chi connectivity index (χ3n) is 8.91. The Bertz CT molecular complexity index is 2310. The number of aromatic nitrogens is 1. The van der Waals surface area contributed by atoms with Gasteiger partial charge in [-0.1, -0.05) is 57.0 Å². The lowest BCUT2D eigenvalue weighted by Crippen LogP contribution is -2.35. The van der Waals surface area contributed by atoms with E-state index in [0.717, 1.165) is 31.1 Å². The van der Waals surface area contributed by atoms with Crippen molar-refractivity contribution in [2.24, 2.45) is 5.73 Å². The van der Waals surface area contributed by atoms with Crippen molar-refractivity contribution < 1.29 is 13.6 Å². The predicted octanol–water partition coefficient (Wildman–Crippen LogP) is 5.30. The molecule has 9 heteroatoms. The van der Waals surface area contributed by atoms with Crippen LogP contribution in [0.5, 0.6) is 0 Å². The summed E-state index contributed by atoms with van der Waals surface area (Å²) in [7, 11) is 0. The summed E-state index contributed by atoms with van der Waals surface area (Å²) in [5, 5.41) is 6.22. The number of nitrogens with one attached hydrogen (secondary N) is 1. The molecule has 3 heterocycles. The summed E-state index contributed by atoms with van der Waals surface area (Å²) in [4.78, 5) is 42.7. The molecule has 1 aliphatic rings. The van der Waals surface area contributed by atoms with Crippen LogP contribution in [-0.4, -0.2) is 40.9 Å². The number of carbonyl (C=O) groups is 1. The summed E-state index contributed by atoms with van der Waals surface area (Å²) in [6.45, 7) is 7.68. The lowest BCUT2D eigenvalue weighted by atomic mass is 9.99. The smallest absolute Gasteiger partial charge is 0.259 e. The Balaban J connectivity index is 1.56. The fourth-order valence-electron chi connectivity index (χ4n) is 6.56. The number of nitrogens with zero attached hydrogens (tertiary/aromatic N) is 2. The molecule has 1 amide bonds. The number of benzene rings is 4. The highest BCUT2D eigenvalue weighted by Crippen LogP contribution is 2.35. The molecule has 1 fully saturated rings. The summed E-state index contributed by atoms with van der Waals surface area (Å²) in [5.41, 5.74) is 6.68.